The number of ether oxygens (including phenoxy) is 1. The lowest BCUT2D eigenvalue weighted by Crippen LogP contribution is -2.37. The zero-order valence-electron chi connectivity index (χ0n) is 13.9. The second-order valence-electron chi connectivity index (χ2n) is 6.29. The lowest BCUT2D eigenvalue weighted by Gasteiger charge is -2.24. The Balaban J connectivity index is 1.25. The van der Waals surface area contributed by atoms with Gasteiger partial charge in [-0.25, -0.2) is 4.98 Å². The summed E-state index contributed by atoms with van der Waals surface area (Å²) in [6.45, 7) is 1.13. The number of aromatic nitrogens is 1. The van der Waals surface area contributed by atoms with E-state index < -0.39 is 0 Å². The van der Waals surface area contributed by atoms with Crippen LogP contribution in [-0.2, 0) is 17.6 Å². The molecule has 2 heterocycles. The summed E-state index contributed by atoms with van der Waals surface area (Å²) in [6, 6.07) is 16.1. The van der Waals surface area contributed by atoms with Crippen LogP contribution in [-0.4, -0.2) is 24.0 Å². The number of hydrogen-bond acceptors (Lipinski definition) is 4. The van der Waals surface area contributed by atoms with E-state index in [0.29, 0.717) is 13.2 Å². The first-order chi connectivity index (χ1) is 12.3. The van der Waals surface area contributed by atoms with Crippen molar-refractivity contribution in [2.75, 3.05) is 13.2 Å². The number of rotatable bonds is 5. The number of fused-ring (bicyclic) bond motifs is 2. The lowest BCUT2D eigenvalue weighted by molar-refractivity contribution is -0.126. The number of carbonyl (C=O) groups excluding carboxylic acids is 1. The van der Waals surface area contributed by atoms with Crippen LogP contribution in [0.5, 0.6) is 5.75 Å². The highest BCUT2D eigenvalue weighted by Crippen LogP contribution is 2.27. The third kappa shape index (κ3) is 3.66. The van der Waals surface area contributed by atoms with Gasteiger partial charge in [-0.2, -0.15) is 0 Å². The van der Waals surface area contributed by atoms with Crippen LogP contribution >= 0.6 is 11.3 Å². The maximum Gasteiger partial charge on any atom is 0.226 e. The van der Waals surface area contributed by atoms with Gasteiger partial charge >= 0.3 is 0 Å². The van der Waals surface area contributed by atoms with E-state index in [-0.39, 0.29) is 11.8 Å². The van der Waals surface area contributed by atoms with Gasteiger partial charge in [0, 0.05) is 13.0 Å². The highest BCUT2D eigenvalue weighted by atomic mass is 32.1. The summed E-state index contributed by atoms with van der Waals surface area (Å²) in [5, 5.41) is 4.18. The molecule has 4 rings (SSSR count). The van der Waals surface area contributed by atoms with Crippen molar-refractivity contribution >= 4 is 27.5 Å². The third-order valence-corrected chi connectivity index (χ3v) is 5.55. The predicted octanol–water partition coefficient (Wildman–Crippen LogP) is 3.60. The van der Waals surface area contributed by atoms with Crippen LogP contribution in [0.25, 0.3) is 10.2 Å². The summed E-state index contributed by atoms with van der Waals surface area (Å²) in [4.78, 5) is 17.0. The molecule has 0 saturated carbocycles. The predicted molar refractivity (Wildman–Crippen MR) is 100 cm³/mol. The molecule has 3 aromatic rings. The first kappa shape index (κ1) is 16.1. The molecule has 0 radical (unpaired) electrons. The second kappa shape index (κ2) is 7.23. The van der Waals surface area contributed by atoms with E-state index in [1.54, 1.807) is 11.3 Å². The Morgan fingerprint density at radius 3 is 2.96 bits per heavy atom. The van der Waals surface area contributed by atoms with E-state index >= 15 is 0 Å². The number of para-hydroxylation sites is 2. The molecule has 128 valence electrons. The normalized spacial score (nSPS) is 16.2. The van der Waals surface area contributed by atoms with E-state index in [4.69, 9.17) is 4.74 Å². The average molecular weight is 352 g/mol. The van der Waals surface area contributed by atoms with Crippen LogP contribution in [0.4, 0.5) is 0 Å². The number of amides is 1. The molecule has 1 amide bonds. The molecule has 1 atom stereocenters. The van der Waals surface area contributed by atoms with Crippen molar-refractivity contribution in [2.24, 2.45) is 5.92 Å². The standard InChI is InChI=1S/C20H20N2O2S/c23-20(15-12-14-6-1-3-8-17(14)24-13-15)21-11-5-10-19-22-16-7-2-4-9-18(16)25-19/h1-4,6-9,15H,5,10-13H2,(H,21,23). The monoisotopic (exact) mass is 352 g/mol. The fraction of sp³-hybridized carbons (Fsp3) is 0.300. The van der Waals surface area contributed by atoms with E-state index in [9.17, 15) is 4.79 Å². The molecule has 0 bridgehead atoms. The van der Waals surface area contributed by atoms with Gasteiger partial charge in [-0.1, -0.05) is 30.3 Å². The Labute approximate surface area is 150 Å². The van der Waals surface area contributed by atoms with Gasteiger partial charge in [0.15, 0.2) is 0 Å². The van der Waals surface area contributed by atoms with Crippen LogP contribution in [0.15, 0.2) is 48.5 Å². The maximum absolute atomic E-state index is 12.4. The Morgan fingerprint density at radius 1 is 1.20 bits per heavy atom. The first-order valence-corrected chi connectivity index (χ1v) is 9.44. The Bertz CT molecular complexity index is 857. The summed E-state index contributed by atoms with van der Waals surface area (Å²) in [6.07, 6.45) is 2.54. The molecular formula is C20H20N2O2S. The number of thiazole rings is 1. The molecule has 1 aliphatic rings. The molecular weight excluding hydrogens is 332 g/mol. The van der Waals surface area contributed by atoms with Gasteiger partial charge in [0.2, 0.25) is 5.91 Å². The molecule has 1 N–H and O–H groups in total. The molecule has 25 heavy (non-hydrogen) atoms. The fourth-order valence-electron chi connectivity index (χ4n) is 3.12. The largest absolute Gasteiger partial charge is 0.492 e. The van der Waals surface area contributed by atoms with E-state index in [2.05, 4.69) is 16.4 Å². The topological polar surface area (TPSA) is 51.2 Å². The van der Waals surface area contributed by atoms with E-state index in [1.807, 2.05) is 42.5 Å². The van der Waals surface area contributed by atoms with Gasteiger partial charge in [0.1, 0.15) is 12.4 Å². The minimum absolute atomic E-state index is 0.0822. The summed E-state index contributed by atoms with van der Waals surface area (Å²) in [5.41, 5.74) is 2.17. The summed E-state index contributed by atoms with van der Waals surface area (Å²) >= 11 is 1.73. The van der Waals surface area contributed by atoms with E-state index in [0.717, 1.165) is 41.1 Å². The quantitative estimate of drug-likeness (QED) is 0.714. The van der Waals surface area contributed by atoms with Gasteiger partial charge < -0.3 is 10.1 Å². The number of carbonyl (C=O) groups is 1. The van der Waals surface area contributed by atoms with Crippen molar-refractivity contribution in [1.82, 2.24) is 10.3 Å². The highest BCUT2D eigenvalue weighted by Gasteiger charge is 2.25. The van der Waals surface area contributed by atoms with Crippen molar-refractivity contribution in [2.45, 2.75) is 19.3 Å². The molecule has 0 fully saturated rings. The Hall–Kier alpha value is -2.40. The van der Waals surface area contributed by atoms with Crippen molar-refractivity contribution < 1.29 is 9.53 Å². The van der Waals surface area contributed by atoms with Crippen molar-refractivity contribution in [3.05, 3.63) is 59.1 Å². The van der Waals surface area contributed by atoms with Crippen LogP contribution in [0.2, 0.25) is 0 Å². The number of aryl methyl sites for hydroxylation is 1. The number of benzene rings is 2. The highest BCUT2D eigenvalue weighted by molar-refractivity contribution is 7.18. The Kier molecular flexibility index (Phi) is 4.65. The van der Waals surface area contributed by atoms with Crippen molar-refractivity contribution in [3.8, 4) is 5.75 Å². The van der Waals surface area contributed by atoms with Gasteiger partial charge in [-0.05, 0) is 36.6 Å². The third-order valence-electron chi connectivity index (χ3n) is 4.45. The smallest absolute Gasteiger partial charge is 0.226 e. The molecule has 5 heteroatoms. The lowest BCUT2D eigenvalue weighted by atomic mass is 9.96. The van der Waals surface area contributed by atoms with Gasteiger partial charge in [0.25, 0.3) is 0 Å². The number of nitrogens with one attached hydrogen (secondary N) is 1. The summed E-state index contributed by atoms with van der Waals surface area (Å²) < 4.78 is 6.92. The molecule has 1 unspecified atom stereocenters. The second-order valence-corrected chi connectivity index (χ2v) is 7.40. The zero-order valence-corrected chi connectivity index (χ0v) is 14.7. The molecule has 2 aromatic carbocycles. The van der Waals surface area contributed by atoms with Crippen molar-refractivity contribution in [3.63, 3.8) is 0 Å². The Morgan fingerprint density at radius 2 is 2.04 bits per heavy atom. The minimum Gasteiger partial charge on any atom is -0.492 e. The summed E-state index contributed by atoms with van der Waals surface area (Å²) in [5.74, 6) is 0.888. The molecule has 0 aliphatic carbocycles. The summed E-state index contributed by atoms with van der Waals surface area (Å²) in [7, 11) is 0. The van der Waals surface area contributed by atoms with Crippen LogP contribution in [0.3, 0.4) is 0 Å². The SMILES string of the molecule is O=C(NCCCc1nc2ccccc2s1)C1COc2ccccc2C1. The molecule has 1 aliphatic heterocycles. The fourth-order valence-corrected chi connectivity index (χ4v) is 4.13. The zero-order chi connectivity index (χ0) is 17.1. The van der Waals surface area contributed by atoms with Crippen LogP contribution in [0.1, 0.15) is 17.0 Å². The maximum atomic E-state index is 12.4. The number of nitrogens with zero attached hydrogens (tertiary/aromatic N) is 1. The van der Waals surface area contributed by atoms with E-state index in [1.165, 1.54) is 4.70 Å². The van der Waals surface area contributed by atoms with Gasteiger partial charge in [-0.15, -0.1) is 11.3 Å². The minimum atomic E-state index is -0.0997. The first-order valence-electron chi connectivity index (χ1n) is 8.62. The van der Waals surface area contributed by atoms with Crippen LogP contribution < -0.4 is 10.1 Å². The molecule has 1 aromatic heterocycles. The molecule has 0 saturated heterocycles. The van der Waals surface area contributed by atoms with Gasteiger partial charge in [0.05, 0.1) is 21.1 Å². The van der Waals surface area contributed by atoms with Gasteiger partial charge in [-0.3, -0.25) is 4.79 Å². The number of hydrogen-bond donors (Lipinski definition) is 1. The molecule has 4 nitrogen and oxygen atoms in total. The van der Waals surface area contributed by atoms with Crippen LogP contribution in [0, 0.1) is 5.92 Å². The van der Waals surface area contributed by atoms with Crippen molar-refractivity contribution in [1.29, 1.82) is 0 Å². The molecule has 0 spiro atoms. The average Bonchev–Trinajstić information content (AvgIpc) is 3.07.